The van der Waals surface area contributed by atoms with Crippen molar-refractivity contribution in [3.63, 3.8) is 0 Å². The lowest BCUT2D eigenvalue weighted by Gasteiger charge is -2.20. The van der Waals surface area contributed by atoms with Gasteiger partial charge in [-0.05, 0) is 18.2 Å². The zero-order chi connectivity index (χ0) is 11.1. The van der Waals surface area contributed by atoms with Gasteiger partial charge in [-0.1, -0.05) is 43.7 Å². The van der Waals surface area contributed by atoms with Crippen molar-refractivity contribution in [2.24, 2.45) is 0 Å². The van der Waals surface area contributed by atoms with Crippen LogP contribution in [0.15, 0.2) is 30.3 Å². The average molecular weight is 224 g/mol. The maximum absolute atomic E-state index is 5.94. The molecule has 0 amide bonds. The molecule has 84 valence electrons. The third-order valence-electron chi connectivity index (χ3n) is 2.41. The topological polar surface area (TPSA) is 18.5 Å². The quantitative estimate of drug-likeness (QED) is 0.544. The van der Waals surface area contributed by atoms with Gasteiger partial charge in [0.25, 0.3) is 0 Å². The Balaban J connectivity index is 2.65. The van der Waals surface area contributed by atoms with Crippen molar-refractivity contribution in [2.45, 2.75) is 32.6 Å². The predicted octanol–water partition coefficient (Wildman–Crippen LogP) is 2.04. The zero-order valence-electron chi connectivity index (χ0n) is 9.77. The third-order valence-corrected chi connectivity index (χ3v) is 5.35. The number of methoxy groups -OCH3 is 1. The number of ether oxygens (including phenoxy) is 1. The molecule has 0 aromatic heterocycles. The third kappa shape index (κ3) is 4.16. The molecular formula is C12H20O2Si. The first-order valence-corrected chi connectivity index (χ1v) is 7.37. The molecule has 0 aliphatic rings. The first kappa shape index (κ1) is 12.4. The van der Waals surface area contributed by atoms with E-state index in [4.69, 9.17) is 9.16 Å². The van der Waals surface area contributed by atoms with Gasteiger partial charge < -0.3 is 9.16 Å². The highest BCUT2D eigenvalue weighted by atomic mass is 28.3. The van der Waals surface area contributed by atoms with Crippen LogP contribution in [0, 0.1) is 0 Å². The SMILES string of the molecule is CCC[SiH](OC(C)OC)c1ccccc1. The van der Waals surface area contributed by atoms with E-state index in [-0.39, 0.29) is 6.29 Å². The molecule has 3 heteroatoms. The van der Waals surface area contributed by atoms with Crippen molar-refractivity contribution in [1.29, 1.82) is 0 Å². The lowest BCUT2D eigenvalue weighted by atomic mass is 10.4. The zero-order valence-corrected chi connectivity index (χ0v) is 10.9. The summed E-state index contributed by atoms with van der Waals surface area (Å²) in [5, 5.41) is 1.36. The minimum atomic E-state index is -1.29. The molecule has 0 N–H and O–H groups in total. The van der Waals surface area contributed by atoms with E-state index in [9.17, 15) is 0 Å². The molecule has 0 fully saturated rings. The summed E-state index contributed by atoms with van der Waals surface area (Å²) >= 11 is 0. The Bertz CT molecular complexity index is 264. The fourth-order valence-corrected chi connectivity index (χ4v) is 3.91. The first-order valence-electron chi connectivity index (χ1n) is 5.51. The molecule has 2 nitrogen and oxygen atoms in total. The van der Waals surface area contributed by atoms with Crippen molar-refractivity contribution in [1.82, 2.24) is 0 Å². The van der Waals surface area contributed by atoms with Crippen LogP contribution in [0.5, 0.6) is 0 Å². The molecule has 0 aliphatic heterocycles. The lowest BCUT2D eigenvalue weighted by Crippen LogP contribution is -2.36. The second-order valence-corrected chi connectivity index (χ2v) is 6.12. The number of hydrogen-bond donors (Lipinski definition) is 0. The van der Waals surface area contributed by atoms with Gasteiger partial charge in [-0.3, -0.25) is 0 Å². The molecule has 1 aromatic carbocycles. The van der Waals surface area contributed by atoms with E-state index < -0.39 is 9.04 Å². The molecule has 2 atom stereocenters. The van der Waals surface area contributed by atoms with Gasteiger partial charge in [-0.25, -0.2) is 0 Å². The Morgan fingerprint density at radius 3 is 2.47 bits per heavy atom. The van der Waals surface area contributed by atoms with Crippen molar-refractivity contribution in [3.05, 3.63) is 30.3 Å². The Hall–Kier alpha value is -0.643. The van der Waals surface area contributed by atoms with Crippen LogP contribution >= 0.6 is 0 Å². The number of rotatable bonds is 6. The second kappa shape index (κ2) is 6.77. The van der Waals surface area contributed by atoms with E-state index in [1.54, 1.807) is 7.11 Å². The molecule has 0 radical (unpaired) electrons. The van der Waals surface area contributed by atoms with E-state index >= 15 is 0 Å². The molecule has 0 saturated carbocycles. The van der Waals surface area contributed by atoms with Crippen LogP contribution in [0.25, 0.3) is 0 Å². The first-order chi connectivity index (χ1) is 7.27. The molecule has 15 heavy (non-hydrogen) atoms. The number of hydrogen-bond acceptors (Lipinski definition) is 2. The summed E-state index contributed by atoms with van der Waals surface area (Å²) in [5.74, 6) is 0. The smallest absolute Gasteiger partial charge is 0.211 e. The summed E-state index contributed by atoms with van der Waals surface area (Å²) in [5.41, 5.74) is 0. The Kier molecular flexibility index (Phi) is 5.61. The lowest BCUT2D eigenvalue weighted by molar-refractivity contribution is -0.0398. The fraction of sp³-hybridized carbons (Fsp3) is 0.500. The molecule has 1 aromatic rings. The Labute approximate surface area is 93.9 Å². The molecule has 0 bridgehead atoms. The average Bonchev–Trinajstić information content (AvgIpc) is 2.29. The van der Waals surface area contributed by atoms with Crippen LogP contribution in [0.1, 0.15) is 20.3 Å². The number of benzene rings is 1. The van der Waals surface area contributed by atoms with Gasteiger partial charge in [0.1, 0.15) is 6.29 Å². The molecule has 0 spiro atoms. The molecule has 2 unspecified atom stereocenters. The highest BCUT2D eigenvalue weighted by molar-refractivity contribution is 6.67. The molecule has 1 rings (SSSR count). The monoisotopic (exact) mass is 224 g/mol. The van der Waals surface area contributed by atoms with Crippen molar-refractivity contribution >= 4 is 14.2 Å². The molecule has 0 heterocycles. The van der Waals surface area contributed by atoms with Gasteiger partial charge in [0.05, 0.1) is 0 Å². The van der Waals surface area contributed by atoms with Crippen molar-refractivity contribution < 1.29 is 9.16 Å². The van der Waals surface area contributed by atoms with Crippen LogP contribution in [0.2, 0.25) is 6.04 Å². The predicted molar refractivity (Wildman–Crippen MR) is 65.9 cm³/mol. The molecule has 0 saturated heterocycles. The van der Waals surface area contributed by atoms with Crippen LogP contribution in [0.3, 0.4) is 0 Å². The summed E-state index contributed by atoms with van der Waals surface area (Å²) in [6.45, 7) is 4.16. The van der Waals surface area contributed by atoms with Gasteiger partial charge in [-0.15, -0.1) is 0 Å². The molecular weight excluding hydrogens is 204 g/mol. The highest BCUT2D eigenvalue weighted by Crippen LogP contribution is 2.04. The van der Waals surface area contributed by atoms with Crippen LogP contribution in [0.4, 0.5) is 0 Å². The van der Waals surface area contributed by atoms with E-state index in [2.05, 4.69) is 31.2 Å². The maximum atomic E-state index is 5.94. The largest absolute Gasteiger partial charge is 0.391 e. The fourth-order valence-electron chi connectivity index (χ4n) is 1.53. The van der Waals surface area contributed by atoms with Gasteiger partial charge in [0.15, 0.2) is 0 Å². The van der Waals surface area contributed by atoms with Crippen LogP contribution in [-0.4, -0.2) is 22.4 Å². The minimum Gasteiger partial charge on any atom is -0.391 e. The summed E-state index contributed by atoms with van der Waals surface area (Å²) in [6, 6.07) is 11.7. The van der Waals surface area contributed by atoms with Gasteiger partial charge in [0.2, 0.25) is 9.04 Å². The summed E-state index contributed by atoms with van der Waals surface area (Å²) in [6.07, 6.45) is 1.08. The van der Waals surface area contributed by atoms with Gasteiger partial charge >= 0.3 is 0 Å². The van der Waals surface area contributed by atoms with Gasteiger partial charge in [-0.2, -0.15) is 0 Å². The highest BCUT2D eigenvalue weighted by Gasteiger charge is 2.16. The summed E-state index contributed by atoms with van der Waals surface area (Å²) < 4.78 is 11.1. The minimum absolute atomic E-state index is 0.0894. The van der Waals surface area contributed by atoms with E-state index in [0.717, 1.165) is 6.04 Å². The molecule has 0 aliphatic carbocycles. The second-order valence-electron chi connectivity index (χ2n) is 3.63. The van der Waals surface area contributed by atoms with E-state index in [1.165, 1.54) is 11.6 Å². The summed E-state index contributed by atoms with van der Waals surface area (Å²) in [4.78, 5) is 0. The van der Waals surface area contributed by atoms with Crippen molar-refractivity contribution in [3.8, 4) is 0 Å². The normalized spacial score (nSPS) is 14.9. The summed E-state index contributed by atoms with van der Waals surface area (Å²) in [7, 11) is 0.395. The Morgan fingerprint density at radius 1 is 1.27 bits per heavy atom. The standard InChI is InChI=1S/C12H20O2Si/c1-4-10-15(14-11(2)13-3)12-8-6-5-7-9-12/h5-9,11,15H,4,10H2,1-3H3. The van der Waals surface area contributed by atoms with E-state index in [1.807, 2.05) is 13.0 Å². The van der Waals surface area contributed by atoms with E-state index in [0.29, 0.717) is 0 Å². The Morgan fingerprint density at radius 2 is 1.93 bits per heavy atom. The van der Waals surface area contributed by atoms with Crippen molar-refractivity contribution in [2.75, 3.05) is 7.11 Å². The van der Waals surface area contributed by atoms with Crippen LogP contribution < -0.4 is 5.19 Å². The maximum Gasteiger partial charge on any atom is 0.211 e. The van der Waals surface area contributed by atoms with Crippen LogP contribution in [-0.2, 0) is 9.16 Å². The van der Waals surface area contributed by atoms with Gasteiger partial charge in [0, 0.05) is 7.11 Å².